The zero-order chi connectivity index (χ0) is 13.3. The molecule has 0 amide bonds. The van der Waals surface area contributed by atoms with Crippen LogP contribution in [0.5, 0.6) is 0 Å². The smallest absolute Gasteiger partial charge is 0.303 e. The molecular formula is C11H20NO4P. The van der Waals surface area contributed by atoms with Crippen LogP contribution in [0.15, 0.2) is 0 Å². The zero-order valence-electron chi connectivity index (χ0n) is 10.6. The summed E-state index contributed by atoms with van der Waals surface area (Å²) < 4.78 is 21.3. The summed E-state index contributed by atoms with van der Waals surface area (Å²) in [5, 5.41) is 8.69. The van der Waals surface area contributed by atoms with Crippen LogP contribution in [0, 0.1) is 17.2 Å². The van der Waals surface area contributed by atoms with Crippen LogP contribution in [-0.4, -0.2) is 24.8 Å². The number of nitrogens with zero attached hydrogens (tertiary/aromatic N) is 1. The number of esters is 1. The van der Waals surface area contributed by atoms with Gasteiger partial charge in [0, 0.05) is 13.1 Å². The van der Waals surface area contributed by atoms with E-state index in [9.17, 15) is 9.36 Å². The van der Waals surface area contributed by atoms with Crippen LogP contribution in [0.1, 0.15) is 33.6 Å². The average molecular weight is 261 g/mol. The van der Waals surface area contributed by atoms with Crippen molar-refractivity contribution in [3.05, 3.63) is 0 Å². The van der Waals surface area contributed by atoms with Crippen LogP contribution in [0.3, 0.4) is 0 Å². The van der Waals surface area contributed by atoms with E-state index in [4.69, 9.17) is 14.5 Å². The van der Waals surface area contributed by atoms with Crippen LogP contribution in [0.2, 0.25) is 0 Å². The lowest BCUT2D eigenvalue weighted by molar-refractivity contribution is -0.144. The van der Waals surface area contributed by atoms with Gasteiger partial charge >= 0.3 is 5.97 Å². The summed E-state index contributed by atoms with van der Waals surface area (Å²) >= 11 is 0. The number of carbonyl (C=O) groups excluding carboxylic acids is 1. The summed E-state index contributed by atoms with van der Waals surface area (Å²) in [5.74, 6) is -0.114. The molecule has 98 valence electrons. The number of hydrogen-bond donors (Lipinski definition) is 0. The number of carbonyl (C=O) groups is 1. The van der Waals surface area contributed by atoms with Crippen LogP contribution in [0.4, 0.5) is 0 Å². The topological polar surface area (TPSA) is 76.4 Å². The van der Waals surface area contributed by atoms with Crippen LogP contribution < -0.4 is 0 Å². The molecule has 2 unspecified atom stereocenters. The van der Waals surface area contributed by atoms with Crippen molar-refractivity contribution in [1.29, 1.82) is 5.26 Å². The van der Waals surface area contributed by atoms with Gasteiger partial charge in [0.15, 0.2) is 14.1 Å². The molecule has 0 saturated heterocycles. The zero-order valence-corrected chi connectivity index (χ0v) is 11.6. The highest BCUT2D eigenvalue weighted by molar-refractivity contribution is 7.39. The molecule has 0 radical (unpaired) electrons. The number of rotatable bonds is 8. The molecule has 0 rings (SSSR count). The van der Waals surface area contributed by atoms with E-state index in [2.05, 4.69) is 0 Å². The number of ether oxygens (including phenoxy) is 1. The van der Waals surface area contributed by atoms with Gasteiger partial charge < -0.3 is 9.26 Å². The van der Waals surface area contributed by atoms with E-state index in [0.717, 1.165) is 0 Å². The molecule has 0 aromatic carbocycles. The predicted molar refractivity (Wildman–Crippen MR) is 65.1 cm³/mol. The summed E-state index contributed by atoms with van der Waals surface area (Å²) in [6.45, 7) is 5.73. The van der Waals surface area contributed by atoms with E-state index in [1.165, 1.54) is 6.92 Å². The minimum Gasteiger partial charge on any atom is -0.447 e. The average Bonchev–Trinajstić information content (AvgIpc) is 2.24. The first-order chi connectivity index (χ1) is 7.95. The van der Waals surface area contributed by atoms with Crippen molar-refractivity contribution in [2.45, 2.75) is 39.7 Å². The van der Waals surface area contributed by atoms with Crippen molar-refractivity contribution in [2.75, 3.05) is 12.8 Å². The van der Waals surface area contributed by atoms with Crippen molar-refractivity contribution >= 4 is 14.0 Å². The van der Waals surface area contributed by atoms with Gasteiger partial charge in [-0.3, -0.25) is 9.36 Å². The standard InChI is InChI=1S/C11H20NO4P/c1-9(2)8-15-17(14)6-4-5-11(7-12)16-10(3)13/h9,11,17H,4-6,8H2,1-3H3. The Morgan fingerprint density at radius 1 is 1.47 bits per heavy atom. The van der Waals surface area contributed by atoms with Crippen molar-refractivity contribution in [1.82, 2.24) is 0 Å². The fourth-order valence-electron chi connectivity index (χ4n) is 1.11. The fourth-order valence-corrected chi connectivity index (χ4v) is 2.27. The second-order valence-corrected chi connectivity index (χ2v) is 5.73. The minimum atomic E-state index is -2.02. The summed E-state index contributed by atoms with van der Waals surface area (Å²) in [7, 11) is -2.02. The van der Waals surface area contributed by atoms with Crippen molar-refractivity contribution in [3.8, 4) is 6.07 Å². The van der Waals surface area contributed by atoms with Crippen molar-refractivity contribution < 1.29 is 18.6 Å². The van der Waals surface area contributed by atoms with E-state index in [1.807, 2.05) is 19.9 Å². The van der Waals surface area contributed by atoms with Gasteiger partial charge in [0.1, 0.15) is 6.07 Å². The lowest BCUT2D eigenvalue weighted by atomic mass is 10.2. The molecule has 17 heavy (non-hydrogen) atoms. The number of hydrogen-bond acceptors (Lipinski definition) is 5. The molecule has 5 nitrogen and oxygen atoms in total. The van der Waals surface area contributed by atoms with Crippen LogP contribution in [0.25, 0.3) is 0 Å². The normalized spacial score (nSPS) is 14.1. The third-order valence-corrected chi connectivity index (χ3v) is 3.13. The van der Waals surface area contributed by atoms with E-state index in [-0.39, 0.29) is 0 Å². The Kier molecular flexibility index (Phi) is 8.75. The fraction of sp³-hybridized carbons (Fsp3) is 0.818. The van der Waals surface area contributed by atoms with Crippen molar-refractivity contribution in [3.63, 3.8) is 0 Å². The molecule has 0 heterocycles. The largest absolute Gasteiger partial charge is 0.447 e. The number of nitriles is 1. The maximum absolute atomic E-state index is 11.4. The molecule has 0 aromatic rings. The third kappa shape index (κ3) is 10.0. The molecule has 0 saturated carbocycles. The SMILES string of the molecule is CC(=O)OC(C#N)CCC[PH](=O)OCC(C)C. The van der Waals surface area contributed by atoms with Gasteiger partial charge in [-0.2, -0.15) is 5.26 Å². The minimum absolute atomic E-state index is 0.358. The Morgan fingerprint density at radius 3 is 2.59 bits per heavy atom. The maximum Gasteiger partial charge on any atom is 0.303 e. The van der Waals surface area contributed by atoms with Gasteiger partial charge in [-0.1, -0.05) is 13.8 Å². The van der Waals surface area contributed by atoms with Gasteiger partial charge in [0.2, 0.25) is 0 Å². The summed E-state index contributed by atoms with van der Waals surface area (Å²) in [4.78, 5) is 10.6. The van der Waals surface area contributed by atoms with E-state index >= 15 is 0 Å². The monoisotopic (exact) mass is 261 g/mol. The third-order valence-electron chi connectivity index (χ3n) is 1.88. The first kappa shape index (κ1) is 16.1. The highest BCUT2D eigenvalue weighted by atomic mass is 31.1. The molecule has 6 heteroatoms. The van der Waals surface area contributed by atoms with Crippen molar-refractivity contribution in [2.24, 2.45) is 5.92 Å². The Balaban J connectivity index is 3.71. The second-order valence-electron chi connectivity index (χ2n) is 4.20. The van der Waals surface area contributed by atoms with Gasteiger partial charge in [-0.05, 0) is 18.8 Å². The highest BCUT2D eigenvalue weighted by Gasteiger charge is 2.11. The molecule has 0 spiro atoms. The van der Waals surface area contributed by atoms with E-state index in [1.54, 1.807) is 0 Å². The Morgan fingerprint density at radius 2 is 2.12 bits per heavy atom. The molecule has 0 aliphatic heterocycles. The first-order valence-corrected chi connectivity index (χ1v) is 7.20. The Hall–Kier alpha value is -0.850. The molecule has 0 aliphatic carbocycles. The molecule has 2 atom stereocenters. The van der Waals surface area contributed by atoms with Gasteiger partial charge in [0.25, 0.3) is 0 Å². The maximum atomic E-state index is 11.4. The molecular weight excluding hydrogens is 241 g/mol. The molecule has 0 N–H and O–H groups in total. The van der Waals surface area contributed by atoms with E-state index in [0.29, 0.717) is 31.5 Å². The molecule has 0 aliphatic rings. The van der Waals surface area contributed by atoms with Crippen LogP contribution in [-0.2, 0) is 18.6 Å². The summed E-state index contributed by atoms with van der Waals surface area (Å²) in [6.07, 6.45) is 0.642. The first-order valence-electron chi connectivity index (χ1n) is 5.68. The summed E-state index contributed by atoms with van der Waals surface area (Å²) in [6, 6.07) is 1.88. The van der Waals surface area contributed by atoms with Gasteiger partial charge in [-0.25, -0.2) is 0 Å². The van der Waals surface area contributed by atoms with E-state index < -0.39 is 20.1 Å². The lowest BCUT2D eigenvalue weighted by Crippen LogP contribution is -2.14. The molecule has 0 aromatic heterocycles. The van der Waals surface area contributed by atoms with Crippen LogP contribution >= 0.6 is 8.03 Å². The lowest BCUT2D eigenvalue weighted by Gasteiger charge is -2.09. The highest BCUT2D eigenvalue weighted by Crippen LogP contribution is 2.25. The van der Waals surface area contributed by atoms with Gasteiger partial charge in [-0.15, -0.1) is 0 Å². The summed E-state index contributed by atoms with van der Waals surface area (Å²) in [5.41, 5.74) is 0. The Bertz CT molecular complexity index is 298. The second kappa shape index (κ2) is 9.21. The molecule has 0 bridgehead atoms. The Labute approximate surface area is 103 Å². The predicted octanol–water partition coefficient (Wildman–Crippen LogP) is 2.37. The van der Waals surface area contributed by atoms with Gasteiger partial charge in [0.05, 0.1) is 6.61 Å². The quantitative estimate of drug-likeness (QED) is 0.495. The molecule has 0 fully saturated rings.